The summed E-state index contributed by atoms with van der Waals surface area (Å²) >= 11 is -5.20. The van der Waals surface area contributed by atoms with E-state index in [1.165, 1.54) is 102 Å². The van der Waals surface area contributed by atoms with E-state index in [0.29, 0.717) is 36.8 Å². The molecule has 4 aromatic carbocycles. The maximum absolute atomic E-state index is 13.4. The SMILES string of the molecule is COC(=O)c1cc(OC2CN(Cc3ccc(N(c4cnn(-c5ccc(F)cc5)c4)S(=O)O)c(C#N)c3)C2)ccc1N(c1cnn(-c2ccc(F)cc2)c1)S(=O)O. The summed E-state index contributed by atoms with van der Waals surface area (Å²) in [4.78, 5) is 15.0. The summed E-state index contributed by atoms with van der Waals surface area (Å²) in [5.74, 6) is -1.30. The van der Waals surface area contributed by atoms with Crippen LogP contribution in [0.2, 0.25) is 0 Å². The number of methoxy groups -OCH3 is 1. The standard InChI is InChI=1S/C37H30F2N8O7S2/c1-53-37(48)34-15-32(11-13-36(34)47(56(51)52)31-18-42-45(21-31)29-9-5-27(39)6-10-29)54-33-22-43(23-33)19-24-2-12-35(25(14-24)16-40)46(55(49)50)30-17-41-44(20-30)28-7-3-26(38)4-8-28/h2-15,17-18,20-21,33H,19,22-23H2,1H3,(H,49,50)(H,51,52). The molecule has 15 nitrogen and oxygen atoms in total. The monoisotopic (exact) mass is 800 g/mol. The molecule has 2 aromatic heterocycles. The van der Waals surface area contributed by atoms with Crippen LogP contribution in [-0.2, 0) is 33.8 Å². The number of esters is 1. The minimum Gasteiger partial charge on any atom is -0.488 e. The summed E-state index contributed by atoms with van der Waals surface area (Å²) in [6, 6.07) is 22.6. The molecule has 2 N–H and O–H groups in total. The van der Waals surface area contributed by atoms with Gasteiger partial charge in [0, 0.05) is 19.6 Å². The zero-order valence-corrected chi connectivity index (χ0v) is 30.8. The van der Waals surface area contributed by atoms with Gasteiger partial charge >= 0.3 is 5.97 Å². The number of carbonyl (C=O) groups excluding carboxylic acids is 1. The van der Waals surface area contributed by atoms with Crippen LogP contribution in [0.1, 0.15) is 21.5 Å². The number of ether oxygens (including phenoxy) is 2. The minimum absolute atomic E-state index is 0.0390. The van der Waals surface area contributed by atoms with E-state index in [1.54, 1.807) is 24.3 Å². The van der Waals surface area contributed by atoms with Crippen molar-refractivity contribution in [1.82, 2.24) is 24.5 Å². The summed E-state index contributed by atoms with van der Waals surface area (Å²) in [5.41, 5.74) is 2.58. The van der Waals surface area contributed by atoms with Crippen LogP contribution in [0.4, 0.5) is 31.5 Å². The molecule has 0 aliphatic carbocycles. The Bertz CT molecular complexity index is 2490. The lowest BCUT2D eigenvalue weighted by atomic mass is 10.1. The van der Waals surface area contributed by atoms with Gasteiger partial charge in [0.25, 0.3) is 22.5 Å². The van der Waals surface area contributed by atoms with E-state index >= 15 is 0 Å². The lowest BCUT2D eigenvalue weighted by Crippen LogP contribution is -2.53. The summed E-state index contributed by atoms with van der Waals surface area (Å²) in [5, 5.41) is 18.4. The number of hydrogen-bond acceptors (Lipinski definition) is 9. The van der Waals surface area contributed by atoms with Crippen molar-refractivity contribution in [2.24, 2.45) is 0 Å². The highest BCUT2D eigenvalue weighted by atomic mass is 32.2. The quantitative estimate of drug-likeness (QED) is 0.106. The van der Waals surface area contributed by atoms with Crippen molar-refractivity contribution in [3.8, 4) is 23.2 Å². The Kier molecular flexibility index (Phi) is 11.0. The third kappa shape index (κ3) is 8.05. The molecule has 2 unspecified atom stereocenters. The molecule has 1 aliphatic rings. The molecule has 3 heterocycles. The molecule has 6 aromatic rings. The van der Waals surface area contributed by atoms with Crippen molar-refractivity contribution in [2.45, 2.75) is 12.6 Å². The molecule has 0 saturated carbocycles. The van der Waals surface area contributed by atoms with Crippen molar-refractivity contribution in [3.05, 3.63) is 138 Å². The number of rotatable bonds is 13. The molecule has 1 aliphatic heterocycles. The maximum atomic E-state index is 13.4. The van der Waals surface area contributed by atoms with E-state index in [0.717, 1.165) is 14.2 Å². The van der Waals surface area contributed by atoms with Crippen LogP contribution < -0.4 is 13.3 Å². The van der Waals surface area contributed by atoms with Gasteiger partial charge in [-0.05, 0) is 84.4 Å². The van der Waals surface area contributed by atoms with Crippen LogP contribution in [0.15, 0.2) is 110 Å². The first-order valence-electron chi connectivity index (χ1n) is 16.6. The molecule has 1 fully saturated rings. The van der Waals surface area contributed by atoms with Gasteiger partial charge in [-0.1, -0.05) is 6.07 Å². The molecule has 0 amide bonds. The Labute approximate surface area is 323 Å². The Hall–Kier alpha value is -6.30. The fraction of sp³-hybridized carbons (Fsp3) is 0.135. The van der Waals surface area contributed by atoms with Gasteiger partial charge < -0.3 is 9.47 Å². The van der Waals surface area contributed by atoms with Crippen molar-refractivity contribution >= 4 is 51.3 Å². The number of halogens is 2. The molecule has 2 atom stereocenters. The second kappa shape index (κ2) is 16.2. The van der Waals surface area contributed by atoms with Gasteiger partial charge in [0.2, 0.25) is 0 Å². The summed E-state index contributed by atoms with van der Waals surface area (Å²) in [6.45, 7) is 1.42. The summed E-state index contributed by atoms with van der Waals surface area (Å²) in [7, 11) is 1.19. The normalized spacial score (nSPS) is 14.0. The maximum Gasteiger partial charge on any atom is 0.340 e. The third-order valence-electron chi connectivity index (χ3n) is 8.73. The number of hydrogen-bond donors (Lipinski definition) is 2. The molecule has 0 spiro atoms. The highest BCUT2D eigenvalue weighted by Crippen LogP contribution is 2.35. The lowest BCUT2D eigenvalue weighted by molar-refractivity contribution is 0.0144. The van der Waals surface area contributed by atoms with Crippen molar-refractivity contribution < 1.29 is 40.6 Å². The van der Waals surface area contributed by atoms with Crippen LogP contribution in [-0.4, -0.2) is 74.3 Å². The Morgan fingerprint density at radius 1 is 0.839 bits per heavy atom. The second-order valence-corrected chi connectivity index (χ2v) is 14.0. The topological polar surface area (TPSA) is 179 Å². The van der Waals surface area contributed by atoms with Crippen molar-refractivity contribution in [2.75, 3.05) is 28.8 Å². The number of anilines is 4. The van der Waals surface area contributed by atoms with Crippen molar-refractivity contribution in [1.29, 1.82) is 5.26 Å². The number of likely N-dealkylation sites (tertiary alicyclic amines) is 1. The Morgan fingerprint density at radius 3 is 1.89 bits per heavy atom. The fourth-order valence-electron chi connectivity index (χ4n) is 6.10. The molecular formula is C37H30F2N8O7S2. The second-order valence-electron chi connectivity index (χ2n) is 12.4. The molecule has 7 rings (SSSR count). The third-order valence-corrected chi connectivity index (χ3v) is 10.2. The number of benzene rings is 4. The van der Waals surface area contributed by atoms with E-state index in [2.05, 4.69) is 21.2 Å². The van der Waals surface area contributed by atoms with E-state index in [4.69, 9.17) is 9.47 Å². The minimum atomic E-state index is -2.64. The number of nitriles is 1. The number of carbonyl (C=O) groups is 1. The van der Waals surface area contributed by atoms with Crippen LogP contribution >= 0.6 is 0 Å². The van der Waals surface area contributed by atoms with Gasteiger partial charge in [0.15, 0.2) is 0 Å². The summed E-state index contributed by atoms with van der Waals surface area (Å²) < 4.78 is 88.4. The van der Waals surface area contributed by atoms with Crippen LogP contribution in [0.3, 0.4) is 0 Å². The van der Waals surface area contributed by atoms with Gasteiger partial charge in [-0.25, -0.2) is 40.0 Å². The average molecular weight is 801 g/mol. The number of nitrogens with zero attached hydrogens (tertiary/aromatic N) is 8. The van der Waals surface area contributed by atoms with Gasteiger partial charge in [-0.15, -0.1) is 0 Å². The fourth-order valence-corrected chi connectivity index (χ4v) is 7.30. The van der Waals surface area contributed by atoms with E-state index in [-0.39, 0.29) is 40.0 Å². The van der Waals surface area contributed by atoms with Crippen molar-refractivity contribution in [3.63, 3.8) is 0 Å². The zero-order chi connectivity index (χ0) is 39.5. The average Bonchev–Trinajstić information content (AvgIpc) is 3.86. The smallest absolute Gasteiger partial charge is 0.340 e. The lowest BCUT2D eigenvalue weighted by Gasteiger charge is -2.39. The largest absolute Gasteiger partial charge is 0.488 e. The molecule has 286 valence electrons. The molecule has 0 bridgehead atoms. The highest BCUT2D eigenvalue weighted by Gasteiger charge is 2.31. The van der Waals surface area contributed by atoms with Gasteiger partial charge in [-0.3, -0.25) is 14.0 Å². The number of aromatic nitrogens is 4. The molecule has 56 heavy (non-hydrogen) atoms. The molecular weight excluding hydrogens is 771 g/mol. The van der Waals surface area contributed by atoms with E-state index in [9.17, 15) is 36.4 Å². The highest BCUT2D eigenvalue weighted by molar-refractivity contribution is 7.81. The van der Waals surface area contributed by atoms with E-state index in [1.807, 2.05) is 0 Å². The van der Waals surface area contributed by atoms with Gasteiger partial charge in [-0.2, -0.15) is 15.5 Å². The van der Waals surface area contributed by atoms with Crippen LogP contribution in [0, 0.1) is 23.0 Å². The molecule has 1 saturated heterocycles. The molecule has 0 radical (unpaired) electrons. The molecule has 19 heteroatoms. The Morgan fingerprint density at radius 2 is 1.38 bits per heavy atom. The first kappa shape index (κ1) is 38.0. The van der Waals surface area contributed by atoms with Crippen LogP contribution in [0.25, 0.3) is 11.4 Å². The first-order valence-corrected chi connectivity index (χ1v) is 18.7. The Balaban J connectivity index is 1.02. The summed E-state index contributed by atoms with van der Waals surface area (Å²) in [6.07, 6.45) is 5.37. The predicted octanol–water partition coefficient (Wildman–Crippen LogP) is 5.81. The predicted molar refractivity (Wildman–Crippen MR) is 201 cm³/mol. The first-order chi connectivity index (χ1) is 27.0. The zero-order valence-electron chi connectivity index (χ0n) is 29.2. The van der Waals surface area contributed by atoms with Crippen LogP contribution in [0.5, 0.6) is 5.75 Å². The van der Waals surface area contributed by atoms with Gasteiger partial charge in [0.05, 0.1) is 77.1 Å². The van der Waals surface area contributed by atoms with Gasteiger partial charge in [0.1, 0.15) is 29.6 Å². The van der Waals surface area contributed by atoms with E-state index < -0.39 is 40.1 Å².